The number of rotatable bonds is 3. The van der Waals surface area contributed by atoms with Gasteiger partial charge in [-0.25, -0.2) is 0 Å². The summed E-state index contributed by atoms with van der Waals surface area (Å²) >= 11 is 12.0. The number of aromatic nitrogens is 2. The minimum Gasteiger partial charge on any atom is -0.339 e. The second kappa shape index (κ2) is 6.13. The Bertz CT molecular complexity index is 640. The van der Waals surface area contributed by atoms with Crippen LogP contribution in [-0.2, 0) is 5.54 Å². The van der Waals surface area contributed by atoms with E-state index in [-0.39, 0.29) is 18.3 Å². The molecule has 1 saturated carbocycles. The van der Waals surface area contributed by atoms with Crippen molar-refractivity contribution in [2.45, 2.75) is 37.6 Å². The fourth-order valence-corrected chi connectivity index (χ4v) is 2.63. The standard InChI is InChI=1S/C14H15Cl2N3O.ClH/c1-8(9-3-4-10(15)11(16)7-9)12-18-13(19-20-12)14(17)5-2-6-14;/h3-4,7-8H,2,5-6,17H2,1H3;1H. The molecule has 0 spiro atoms. The Morgan fingerprint density at radius 2 is 2.00 bits per heavy atom. The van der Waals surface area contributed by atoms with Gasteiger partial charge in [0.1, 0.15) is 0 Å². The predicted octanol–water partition coefficient (Wildman–Crippen LogP) is 4.29. The molecule has 4 nitrogen and oxygen atoms in total. The molecular formula is C14H16Cl3N3O. The minimum atomic E-state index is -0.404. The van der Waals surface area contributed by atoms with E-state index in [2.05, 4.69) is 10.1 Å². The monoisotopic (exact) mass is 347 g/mol. The highest BCUT2D eigenvalue weighted by Gasteiger charge is 2.39. The average molecular weight is 349 g/mol. The van der Waals surface area contributed by atoms with Gasteiger partial charge in [0.2, 0.25) is 5.89 Å². The lowest BCUT2D eigenvalue weighted by Gasteiger charge is -2.34. The Morgan fingerprint density at radius 3 is 2.57 bits per heavy atom. The van der Waals surface area contributed by atoms with Crippen molar-refractivity contribution in [3.8, 4) is 0 Å². The molecule has 1 aliphatic rings. The van der Waals surface area contributed by atoms with Gasteiger partial charge in [-0.1, -0.05) is 34.4 Å². The summed E-state index contributed by atoms with van der Waals surface area (Å²) in [5, 5.41) is 5.08. The Balaban J connectivity index is 0.00000161. The first kappa shape index (κ1) is 16.6. The molecule has 0 saturated heterocycles. The summed E-state index contributed by atoms with van der Waals surface area (Å²) in [6.07, 6.45) is 2.93. The van der Waals surface area contributed by atoms with Gasteiger partial charge >= 0.3 is 0 Å². The maximum Gasteiger partial charge on any atom is 0.233 e. The first-order valence-electron chi connectivity index (χ1n) is 6.57. The summed E-state index contributed by atoms with van der Waals surface area (Å²) < 4.78 is 5.36. The quantitative estimate of drug-likeness (QED) is 0.898. The van der Waals surface area contributed by atoms with Crippen molar-refractivity contribution in [3.05, 3.63) is 45.5 Å². The maximum atomic E-state index is 6.20. The van der Waals surface area contributed by atoms with Gasteiger partial charge in [-0.15, -0.1) is 12.4 Å². The number of nitrogens with two attached hydrogens (primary N) is 1. The number of hydrogen-bond donors (Lipinski definition) is 1. The first-order chi connectivity index (χ1) is 9.49. The molecule has 1 fully saturated rings. The van der Waals surface area contributed by atoms with Crippen LogP contribution in [0.4, 0.5) is 0 Å². The normalized spacial score (nSPS) is 17.7. The van der Waals surface area contributed by atoms with Gasteiger partial charge in [-0.3, -0.25) is 0 Å². The SMILES string of the molecule is CC(c1ccc(Cl)c(Cl)c1)c1nc(C2(N)CCC2)no1.Cl. The van der Waals surface area contributed by atoms with Crippen LogP contribution in [0.3, 0.4) is 0 Å². The number of benzene rings is 1. The van der Waals surface area contributed by atoms with Crippen molar-refractivity contribution in [3.63, 3.8) is 0 Å². The Kier molecular flexibility index (Phi) is 4.83. The van der Waals surface area contributed by atoms with Gasteiger partial charge in [0, 0.05) is 0 Å². The third kappa shape index (κ3) is 3.04. The van der Waals surface area contributed by atoms with E-state index in [4.69, 9.17) is 33.5 Å². The Morgan fingerprint density at radius 1 is 1.29 bits per heavy atom. The van der Waals surface area contributed by atoms with Crippen LogP contribution in [0.1, 0.15) is 49.4 Å². The fourth-order valence-electron chi connectivity index (χ4n) is 2.32. The van der Waals surface area contributed by atoms with Crippen molar-refractivity contribution in [1.82, 2.24) is 10.1 Å². The van der Waals surface area contributed by atoms with Crippen LogP contribution < -0.4 is 5.73 Å². The molecule has 2 N–H and O–H groups in total. The molecule has 7 heteroatoms. The van der Waals surface area contributed by atoms with E-state index >= 15 is 0 Å². The third-order valence-corrected chi connectivity index (χ3v) is 4.69. The molecule has 0 aliphatic heterocycles. The van der Waals surface area contributed by atoms with Gasteiger partial charge in [-0.2, -0.15) is 4.98 Å². The van der Waals surface area contributed by atoms with Gasteiger partial charge in [0.25, 0.3) is 0 Å². The summed E-state index contributed by atoms with van der Waals surface area (Å²) in [6.45, 7) is 1.99. The molecule has 0 bridgehead atoms. The van der Waals surface area contributed by atoms with E-state index in [1.165, 1.54) is 0 Å². The van der Waals surface area contributed by atoms with E-state index < -0.39 is 5.54 Å². The lowest BCUT2D eigenvalue weighted by molar-refractivity contribution is 0.228. The van der Waals surface area contributed by atoms with Crippen LogP contribution in [0.5, 0.6) is 0 Å². The molecule has 3 rings (SSSR count). The number of hydrogen-bond acceptors (Lipinski definition) is 4. The molecule has 114 valence electrons. The molecule has 0 radical (unpaired) electrons. The molecule has 1 aromatic carbocycles. The fraction of sp³-hybridized carbons (Fsp3) is 0.429. The summed E-state index contributed by atoms with van der Waals surface area (Å²) in [7, 11) is 0. The molecule has 2 aromatic rings. The Labute approximate surface area is 139 Å². The van der Waals surface area contributed by atoms with Gasteiger partial charge in [0.05, 0.1) is 21.5 Å². The van der Waals surface area contributed by atoms with E-state index in [0.717, 1.165) is 24.8 Å². The zero-order valence-corrected chi connectivity index (χ0v) is 13.8. The number of halogens is 3. The van der Waals surface area contributed by atoms with Gasteiger partial charge in [-0.05, 0) is 43.9 Å². The van der Waals surface area contributed by atoms with Crippen molar-refractivity contribution in [2.75, 3.05) is 0 Å². The number of nitrogens with zero attached hydrogens (tertiary/aromatic N) is 2. The second-order valence-corrected chi connectivity index (χ2v) is 6.18. The molecule has 1 unspecified atom stereocenters. The van der Waals surface area contributed by atoms with Crippen LogP contribution in [0, 0.1) is 0 Å². The van der Waals surface area contributed by atoms with E-state index in [0.29, 0.717) is 21.8 Å². The Hall–Kier alpha value is -0.810. The molecular weight excluding hydrogens is 333 g/mol. The van der Waals surface area contributed by atoms with Crippen molar-refractivity contribution < 1.29 is 4.52 Å². The summed E-state index contributed by atoms with van der Waals surface area (Å²) in [5.74, 6) is 1.11. The van der Waals surface area contributed by atoms with E-state index in [1.54, 1.807) is 6.07 Å². The molecule has 0 amide bonds. The summed E-state index contributed by atoms with van der Waals surface area (Å²) in [6, 6.07) is 5.49. The average Bonchev–Trinajstić information content (AvgIpc) is 2.88. The van der Waals surface area contributed by atoms with Crippen LogP contribution in [0.25, 0.3) is 0 Å². The van der Waals surface area contributed by atoms with Crippen molar-refractivity contribution >= 4 is 35.6 Å². The zero-order valence-electron chi connectivity index (χ0n) is 11.5. The summed E-state index contributed by atoms with van der Waals surface area (Å²) in [4.78, 5) is 4.45. The van der Waals surface area contributed by atoms with E-state index in [9.17, 15) is 0 Å². The van der Waals surface area contributed by atoms with Gasteiger partial charge in [0.15, 0.2) is 5.82 Å². The largest absolute Gasteiger partial charge is 0.339 e. The molecule has 1 heterocycles. The maximum absolute atomic E-state index is 6.20. The molecule has 1 atom stereocenters. The van der Waals surface area contributed by atoms with Crippen LogP contribution >= 0.6 is 35.6 Å². The lowest BCUT2D eigenvalue weighted by Crippen LogP contribution is -2.44. The molecule has 1 aromatic heterocycles. The molecule has 1 aliphatic carbocycles. The lowest BCUT2D eigenvalue weighted by atomic mass is 9.77. The highest BCUT2D eigenvalue weighted by molar-refractivity contribution is 6.42. The highest BCUT2D eigenvalue weighted by atomic mass is 35.5. The molecule has 21 heavy (non-hydrogen) atoms. The highest BCUT2D eigenvalue weighted by Crippen LogP contribution is 2.38. The van der Waals surface area contributed by atoms with Crippen molar-refractivity contribution in [2.24, 2.45) is 5.73 Å². The van der Waals surface area contributed by atoms with Crippen LogP contribution in [0.2, 0.25) is 10.0 Å². The van der Waals surface area contributed by atoms with Gasteiger partial charge < -0.3 is 10.3 Å². The second-order valence-electron chi connectivity index (χ2n) is 5.36. The van der Waals surface area contributed by atoms with E-state index in [1.807, 2.05) is 19.1 Å². The topological polar surface area (TPSA) is 64.9 Å². The third-order valence-electron chi connectivity index (χ3n) is 3.95. The zero-order chi connectivity index (χ0) is 14.3. The summed E-state index contributed by atoms with van der Waals surface area (Å²) in [5.41, 5.74) is 6.77. The van der Waals surface area contributed by atoms with Crippen molar-refractivity contribution in [1.29, 1.82) is 0 Å². The predicted molar refractivity (Wildman–Crippen MR) is 85.2 cm³/mol. The smallest absolute Gasteiger partial charge is 0.233 e. The van der Waals surface area contributed by atoms with Crippen LogP contribution in [0.15, 0.2) is 22.7 Å². The minimum absolute atomic E-state index is 0. The first-order valence-corrected chi connectivity index (χ1v) is 7.33. The van der Waals surface area contributed by atoms with Crippen LogP contribution in [-0.4, -0.2) is 10.1 Å².